The van der Waals surface area contributed by atoms with Crippen molar-refractivity contribution in [3.05, 3.63) is 65.5 Å². The predicted octanol–water partition coefficient (Wildman–Crippen LogP) is 2.54. The van der Waals surface area contributed by atoms with Gasteiger partial charge in [-0.3, -0.25) is 4.98 Å². The summed E-state index contributed by atoms with van der Waals surface area (Å²) in [4.78, 5) is 3.97. The molecule has 0 aliphatic rings. The quantitative estimate of drug-likeness (QED) is 0.736. The molecule has 0 amide bonds. The van der Waals surface area contributed by atoms with E-state index in [1.807, 2.05) is 36.4 Å². The van der Waals surface area contributed by atoms with E-state index >= 15 is 0 Å². The maximum Gasteiger partial charge on any atom is 0.0991 e. The van der Waals surface area contributed by atoms with Crippen molar-refractivity contribution in [2.24, 2.45) is 0 Å². The SMILES string of the molecule is N#Cc1cccc(Cc2ccncc2)c1. The van der Waals surface area contributed by atoms with E-state index in [4.69, 9.17) is 5.26 Å². The summed E-state index contributed by atoms with van der Waals surface area (Å²) in [6, 6.07) is 13.8. The standard InChI is InChI=1S/C13H10N2/c14-10-13-3-1-2-12(9-13)8-11-4-6-15-7-5-11/h1-7,9H,8H2. The van der Waals surface area contributed by atoms with Gasteiger partial charge in [-0.2, -0.15) is 5.26 Å². The zero-order valence-electron chi connectivity index (χ0n) is 8.22. The van der Waals surface area contributed by atoms with Crippen LogP contribution in [0.2, 0.25) is 0 Å². The van der Waals surface area contributed by atoms with E-state index in [1.165, 1.54) is 5.56 Å². The van der Waals surface area contributed by atoms with Gasteiger partial charge < -0.3 is 0 Å². The summed E-state index contributed by atoms with van der Waals surface area (Å²) in [5.74, 6) is 0. The Kier molecular flexibility index (Phi) is 2.75. The van der Waals surface area contributed by atoms with Gasteiger partial charge in [0, 0.05) is 12.4 Å². The summed E-state index contributed by atoms with van der Waals surface area (Å²) in [5.41, 5.74) is 3.07. The van der Waals surface area contributed by atoms with Crippen LogP contribution in [0.1, 0.15) is 16.7 Å². The molecule has 0 fully saturated rings. The van der Waals surface area contributed by atoms with Crippen molar-refractivity contribution in [3.8, 4) is 6.07 Å². The molecule has 0 aliphatic carbocycles. The Hall–Kier alpha value is -2.14. The van der Waals surface area contributed by atoms with Gasteiger partial charge in [0.15, 0.2) is 0 Å². The van der Waals surface area contributed by atoms with E-state index in [2.05, 4.69) is 11.1 Å². The van der Waals surface area contributed by atoms with Gasteiger partial charge in [0.25, 0.3) is 0 Å². The van der Waals surface area contributed by atoms with Crippen LogP contribution < -0.4 is 0 Å². The number of nitrogens with zero attached hydrogens (tertiary/aromatic N) is 2. The second-order valence-corrected chi connectivity index (χ2v) is 3.34. The molecule has 0 unspecified atom stereocenters. The Morgan fingerprint density at radius 1 is 1.07 bits per heavy atom. The molecule has 0 N–H and O–H groups in total. The predicted molar refractivity (Wildman–Crippen MR) is 58.2 cm³/mol. The summed E-state index contributed by atoms with van der Waals surface area (Å²) in [7, 11) is 0. The average Bonchev–Trinajstić information content (AvgIpc) is 2.31. The average molecular weight is 194 g/mol. The van der Waals surface area contributed by atoms with E-state index in [-0.39, 0.29) is 0 Å². The van der Waals surface area contributed by atoms with Crippen LogP contribution in [0.3, 0.4) is 0 Å². The topological polar surface area (TPSA) is 36.7 Å². The summed E-state index contributed by atoms with van der Waals surface area (Å²) >= 11 is 0. The molecule has 0 saturated carbocycles. The largest absolute Gasteiger partial charge is 0.265 e. The highest BCUT2D eigenvalue weighted by molar-refractivity contribution is 5.35. The number of benzene rings is 1. The minimum absolute atomic E-state index is 0.710. The molecular weight excluding hydrogens is 184 g/mol. The van der Waals surface area contributed by atoms with Gasteiger partial charge in [0.2, 0.25) is 0 Å². The number of rotatable bonds is 2. The van der Waals surface area contributed by atoms with Crippen LogP contribution >= 0.6 is 0 Å². The second-order valence-electron chi connectivity index (χ2n) is 3.34. The number of aromatic nitrogens is 1. The van der Waals surface area contributed by atoms with E-state index in [9.17, 15) is 0 Å². The van der Waals surface area contributed by atoms with Crippen molar-refractivity contribution in [1.29, 1.82) is 5.26 Å². The summed E-state index contributed by atoms with van der Waals surface area (Å²) in [6.45, 7) is 0. The third-order valence-electron chi connectivity index (χ3n) is 2.21. The van der Waals surface area contributed by atoms with Gasteiger partial charge in [0.1, 0.15) is 0 Å². The lowest BCUT2D eigenvalue weighted by molar-refractivity contribution is 1.16. The molecule has 0 bridgehead atoms. The van der Waals surface area contributed by atoms with Crippen molar-refractivity contribution < 1.29 is 0 Å². The lowest BCUT2D eigenvalue weighted by Gasteiger charge is -2.01. The van der Waals surface area contributed by atoms with Crippen LogP contribution in [-0.2, 0) is 6.42 Å². The Bertz CT molecular complexity index is 483. The van der Waals surface area contributed by atoms with Crippen molar-refractivity contribution >= 4 is 0 Å². The highest BCUT2D eigenvalue weighted by Crippen LogP contribution is 2.10. The number of hydrogen-bond acceptors (Lipinski definition) is 2. The molecule has 0 saturated heterocycles. The molecule has 2 rings (SSSR count). The Morgan fingerprint density at radius 2 is 1.87 bits per heavy atom. The molecule has 1 aromatic carbocycles. The molecule has 1 heterocycles. The van der Waals surface area contributed by atoms with E-state index in [1.54, 1.807) is 12.4 Å². The van der Waals surface area contributed by atoms with Crippen LogP contribution in [0.5, 0.6) is 0 Å². The van der Waals surface area contributed by atoms with Gasteiger partial charge in [-0.05, 0) is 41.8 Å². The van der Waals surface area contributed by atoms with E-state index < -0.39 is 0 Å². The molecule has 0 spiro atoms. The highest BCUT2D eigenvalue weighted by Gasteiger charge is 1.97. The maximum atomic E-state index is 8.77. The third kappa shape index (κ3) is 2.41. The number of nitriles is 1. The third-order valence-corrected chi connectivity index (χ3v) is 2.21. The molecule has 2 heteroatoms. The first-order valence-corrected chi connectivity index (χ1v) is 4.76. The fourth-order valence-corrected chi connectivity index (χ4v) is 1.49. The van der Waals surface area contributed by atoms with Gasteiger partial charge >= 0.3 is 0 Å². The Balaban J connectivity index is 2.22. The van der Waals surface area contributed by atoms with Crippen LogP contribution in [0.25, 0.3) is 0 Å². The van der Waals surface area contributed by atoms with Crippen LogP contribution in [0, 0.1) is 11.3 Å². The highest BCUT2D eigenvalue weighted by atomic mass is 14.6. The smallest absolute Gasteiger partial charge is 0.0991 e. The minimum atomic E-state index is 0.710. The number of hydrogen-bond donors (Lipinski definition) is 0. The molecular formula is C13H10N2. The first-order valence-electron chi connectivity index (χ1n) is 4.76. The molecule has 1 aromatic heterocycles. The molecule has 15 heavy (non-hydrogen) atoms. The molecule has 2 nitrogen and oxygen atoms in total. The Labute approximate surface area is 88.8 Å². The summed E-state index contributed by atoms with van der Waals surface area (Å²) < 4.78 is 0. The summed E-state index contributed by atoms with van der Waals surface area (Å²) in [5, 5.41) is 8.77. The maximum absolute atomic E-state index is 8.77. The van der Waals surface area contributed by atoms with Gasteiger partial charge in [-0.15, -0.1) is 0 Å². The fraction of sp³-hybridized carbons (Fsp3) is 0.0769. The molecule has 0 radical (unpaired) electrons. The van der Waals surface area contributed by atoms with Gasteiger partial charge in [-0.1, -0.05) is 12.1 Å². The number of pyridine rings is 1. The van der Waals surface area contributed by atoms with E-state index in [0.717, 1.165) is 12.0 Å². The minimum Gasteiger partial charge on any atom is -0.265 e. The van der Waals surface area contributed by atoms with E-state index in [0.29, 0.717) is 5.56 Å². The first-order chi connectivity index (χ1) is 7.38. The normalized spacial score (nSPS) is 9.53. The summed E-state index contributed by atoms with van der Waals surface area (Å²) in [6.07, 6.45) is 4.41. The van der Waals surface area contributed by atoms with Crippen LogP contribution in [-0.4, -0.2) is 4.98 Å². The second kappa shape index (κ2) is 4.39. The lowest BCUT2D eigenvalue weighted by atomic mass is 10.0. The zero-order valence-corrected chi connectivity index (χ0v) is 8.22. The molecule has 72 valence electrons. The van der Waals surface area contributed by atoms with Crippen molar-refractivity contribution in [3.63, 3.8) is 0 Å². The van der Waals surface area contributed by atoms with Gasteiger partial charge in [-0.25, -0.2) is 0 Å². The fourth-order valence-electron chi connectivity index (χ4n) is 1.49. The van der Waals surface area contributed by atoms with Crippen LogP contribution in [0.4, 0.5) is 0 Å². The van der Waals surface area contributed by atoms with Crippen molar-refractivity contribution in [2.45, 2.75) is 6.42 Å². The molecule has 0 aliphatic heterocycles. The van der Waals surface area contributed by atoms with Crippen molar-refractivity contribution in [2.75, 3.05) is 0 Å². The first kappa shape index (κ1) is 9.42. The van der Waals surface area contributed by atoms with Crippen molar-refractivity contribution in [1.82, 2.24) is 4.98 Å². The van der Waals surface area contributed by atoms with Gasteiger partial charge in [0.05, 0.1) is 11.6 Å². The Morgan fingerprint density at radius 3 is 2.60 bits per heavy atom. The molecule has 0 atom stereocenters. The van der Waals surface area contributed by atoms with Crippen LogP contribution in [0.15, 0.2) is 48.8 Å². The monoisotopic (exact) mass is 194 g/mol. The zero-order chi connectivity index (χ0) is 10.5. The lowest BCUT2D eigenvalue weighted by Crippen LogP contribution is -1.88. The molecule has 2 aromatic rings.